The number of allylic oxidation sites excluding steroid dienone is 3. The van der Waals surface area contributed by atoms with Gasteiger partial charge in [0.25, 0.3) is 0 Å². The fourth-order valence-electron chi connectivity index (χ4n) is 7.53. The molecule has 34 heavy (non-hydrogen) atoms. The van der Waals surface area contributed by atoms with E-state index in [-0.39, 0.29) is 6.10 Å². The van der Waals surface area contributed by atoms with Crippen molar-refractivity contribution in [3.8, 4) is 0 Å². The maximum Gasteiger partial charge on any atom is 0.0790 e. The summed E-state index contributed by atoms with van der Waals surface area (Å²) in [6.07, 6.45) is 14.8. The highest BCUT2D eigenvalue weighted by Crippen LogP contribution is 2.60. The molecule has 0 amide bonds. The Bertz CT molecular complexity index is 857. The number of hydrogen-bond acceptors (Lipinski definition) is 3. The fourth-order valence-corrected chi connectivity index (χ4v) is 7.53. The number of aryl methyl sites for hydroxylation is 1. The van der Waals surface area contributed by atoms with Crippen LogP contribution in [-0.2, 0) is 0 Å². The van der Waals surface area contributed by atoms with E-state index in [1.807, 2.05) is 0 Å². The van der Waals surface area contributed by atoms with E-state index in [0.717, 1.165) is 24.3 Å². The lowest BCUT2D eigenvalue weighted by Crippen LogP contribution is -2.36. The van der Waals surface area contributed by atoms with Gasteiger partial charge in [0.1, 0.15) is 0 Å². The highest BCUT2D eigenvalue weighted by Gasteiger charge is 2.50. The summed E-state index contributed by atoms with van der Waals surface area (Å²) in [7, 11) is 0. The molecule has 3 N–H and O–H groups in total. The number of rotatable bonds is 7. The van der Waals surface area contributed by atoms with Gasteiger partial charge in [-0.05, 0) is 93.4 Å². The second kappa shape index (κ2) is 11.1. The van der Waals surface area contributed by atoms with Crippen LogP contribution in [0.1, 0.15) is 102 Å². The van der Waals surface area contributed by atoms with Gasteiger partial charge in [-0.3, -0.25) is 0 Å². The van der Waals surface area contributed by atoms with E-state index in [9.17, 15) is 15.3 Å². The zero-order valence-electron chi connectivity index (χ0n) is 21.5. The van der Waals surface area contributed by atoms with E-state index < -0.39 is 12.2 Å². The Balaban J connectivity index is 1.35. The number of aliphatic hydroxyl groups is 3. The van der Waals surface area contributed by atoms with Crippen molar-refractivity contribution in [2.24, 2.45) is 23.2 Å². The number of fused-ring (bicyclic) bond motifs is 1. The monoisotopic (exact) mass is 466 g/mol. The first-order valence-corrected chi connectivity index (χ1v) is 13.8. The molecule has 3 aliphatic rings. The van der Waals surface area contributed by atoms with Gasteiger partial charge >= 0.3 is 0 Å². The second-order valence-electron chi connectivity index (χ2n) is 11.9. The van der Waals surface area contributed by atoms with Crippen molar-refractivity contribution in [1.82, 2.24) is 0 Å². The lowest BCUT2D eigenvalue weighted by molar-refractivity contribution is 0.0609. The van der Waals surface area contributed by atoms with Crippen LogP contribution in [0.4, 0.5) is 0 Å². The molecule has 0 radical (unpaired) electrons. The molecule has 188 valence electrons. The third-order valence-corrected chi connectivity index (χ3v) is 9.40. The summed E-state index contributed by atoms with van der Waals surface area (Å²) >= 11 is 0. The van der Waals surface area contributed by atoms with Crippen molar-refractivity contribution >= 4 is 0 Å². The van der Waals surface area contributed by atoms with E-state index in [2.05, 4.69) is 57.2 Å². The van der Waals surface area contributed by atoms with Crippen LogP contribution in [-0.4, -0.2) is 27.5 Å². The third-order valence-electron chi connectivity index (χ3n) is 9.40. The minimum atomic E-state index is -0.397. The highest BCUT2D eigenvalue weighted by atomic mass is 16.3. The Morgan fingerprint density at radius 3 is 2.44 bits per heavy atom. The number of benzene rings is 1. The normalized spacial score (nSPS) is 34.6. The van der Waals surface area contributed by atoms with E-state index in [1.54, 1.807) is 5.57 Å². The summed E-state index contributed by atoms with van der Waals surface area (Å²) in [6, 6.07) is 8.30. The second-order valence-corrected chi connectivity index (χ2v) is 11.9. The molecule has 0 spiro atoms. The zero-order chi connectivity index (χ0) is 24.3. The standard InChI is InChI=1S/C31H46O3/c1-21-9-12-25(13-10-21)30(34)8-4-6-22(2)28-15-16-29-24(7-5-17-31(28,29)3)14-11-23-18-26(32)20-27(33)19-23/h9-14,22,26-30,32-34H,4-8,15-20H2,1-3H3/b24-14+/t22-,26-,27-,28-,29+,30+,31-/m1/s1. The predicted molar refractivity (Wildman–Crippen MR) is 139 cm³/mol. The van der Waals surface area contributed by atoms with Gasteiger partial charge in [-0.25, -0.2) is 0 Å². The molecule has 7 atom stereocenters. The molecule has 1 aromatic rings. The molecule has 0 unspecified atom stereocenters. The highest BCUT2D eigenvalue weighted by molar-refractivity contribution is 5.26. The fraction of sp³-hybridized carbons (Fsp3) is 0.677. The molecule has 3 saturated carbocycles. The SMILES string of the molecule is Cc1ccc([C@@H](O)CCC[C@@H](C)[C@H]2CC[C@H]3/C(=C/C=C4C[C@@H](O)C[C@H](O)C4)CCC[C@]23C)cc1. The summed E-state index contributed by atoms with van der Waals surface area (Å²) in [6.45, 7) is 7.07. The van der Waals surface area contributed by atoms with E-state index in [4.69, 9.17) is 0 Å². The first-order chi connectivity index (χ1) is 16.3. The average Bonchev–Trinajstić information content (AvgIpc) is 3.15. The Kier molecular flexibility index (Phi) is 8.38. The van der Waals surface area contributed by atoms with Crippen LogP contribution < -0.4 is 0 Å². The average molecular weight is 467 g/mol. The van der Waals surface area contributed by atoms with Crippen molar-refractivity contribution in [3.63, 3.8) is 0 Å². The van der Waals surface area contributed by atoms with E-state index in [0.29, 0.717) is 36.5 Å². The van der Waals surface area contributed by atoms with Crippen LogP contribution >= 0.6 is 0 Å². The van der Waals surface area contributed by atoms with Crippen LogP contribution in [0, 0.1) is 30.1 Å². The summed E-state index contributed by atoms with van der Waals surface area (Å²) in [4.78, 5) is 0. The molecule has 0 aromatic heterocycles. The minimum Gasteiger partial charge on any atom is -0.393 e. The number of hydrogen-bond donors (Lipinski definition) is 3. The summed E-state index contributed by atoms with van der Waals surface area (Å²) < 4.78 is 0. The molecule has 0 aliphatic heterocycles. The van der Waals surface area contributed by atoms with Gasteiger partial charge in [-0.2, -0.15) is 0 Å². The molecule has 0 bridgehead atoms. The molecule has 3 heteroatoms. The molecule has 0 saturated heterocycles. The van der Waals surface area contributed by atoms with Crippen molar-refractivity contribution in [1.29, 1.82) is 0 Å². The van der Waals surface area contributed by atoms with Crippen molar-refractivity contribution in [3.05, 3.63) is 58.7 Å². The van der Waals surface area contributed by atoms with E-state index >= 15 is 0 Å². The van der Waals surface area contributed by atoms with Gasteiger partial charge < -0.3 is 15.3 Å². The summed E-state index contributed by atoms with van der Waals surface area (Å²) in [5.41, 5.74) is 5.45. The summed E-state index contributed by atoms with van der Waals surface area (Å²) in [5, 5.41) is 30.7. The van der Waals surface area contributed by atoms with Crippen LogP contribution in [0.25, 0.3) is 0 Å². The minimum absolute atomic E-state index is 0.353. The van der Waals surface area contributed by atoms with Gasteiger partial charge in [-0.1, -0.05) is 79.8 Å². The molecule has 3 nitrogen and oxygen atoms in total. The Labute approximate surface area is 207 Å². The van der Waals surface area contributed by atoms with Crippen LogP contribution in [0.15, 0.2) is 47.6 Å². The maximum atomic E-state index is 10.6. The lowest BCUT2D eigenvalue weighted by Gasteiger charge is -2.44. The topological polar surface area (TPSA) is 60.7 Å². The Morgan fingerprint density at radius 2 is 1.74 bits per heavy atom. The molecular formula is C31H46O3. The first kappa shape index (κ1) is 25.7. The van der Waals surface area contributed by atoms with Crippen LogP contribution in [0.5, 0.6) is 0 Å². The molecule has 0 heterocycles. The molecule has 3 fully saturated rings. The molecule has 4 rings (SSSR count). The Hall–Kier alpha value is -1.42. The quantitative estimate of drug-likeness (QED) is 0.414. The van der Waals surface area contributed by atoms with Crippen molar-refractivity contribution in [2.75, 3.05) is 0 Å². The van der Waals surface area contributed by atoms with Crippen molar-refractivity contribution < 1.29 is 15.3 Å². The van der Waals surface area contributed by atoms with Crippen molar-refractivity contribution in [2.45, 2.75) is 110 Å². The predicted octanol–water partition coefficient (Wildman–Crippen LogP) is 6.81. The lowest BCUT2D eigenvalue weighted by atomic mass is 9.60. The van der Waals surface area contributed by atoms with E-state index in [1.165, 1.54) is 49.7 Å². The molecular weight excluding hydrogens is 420 g/mol. The number of aliphatic hydroxyl groups excluding tert-OH is 3. The van der Waals surface area contributed by atoms with Crippen LogP contribution in [0.2, 0.25) is 0 Å². The maximum absolute atomic E-state index is 10.6. The van der Waals surface area contributed by atoms with Gasteiger partial charge in [0.05, 0.1) is 18.3 Å². The van der Waals surface area contributed by atoms with Gasteiger partial charge in [0.2, 0.25) is 0 Å². The Morgan fingerprint density at radius 1 is 1.03 bits per heavy atom. The van der Waals surface area contributed by atoms with Gasteiger partial charge in [0, 0.05) is 0 Å². The largest absolute Gasteiger partial charge is 0.393 e. The van der Waals surface area contributed by atoms with Crippen LogP contribution in [0.3, 0.4) is 0 Å². The first-order valence-electron chi connectivity index (χ1n) is 13.8. The summed E-state index contributed by atoms with van der Waals surface area (Å²) in [5.74, 6) is 2.10. The third kappa shape index (κ3) is 5.86. The molecule has 3 aliphatic carbocycles. The smallest absolute Gasteiger partial charge is 0.0790 e. The zero-order valence-corrected chi connectivity index (χ0v) is 21.5. The molecule has 1 aromatic carbocycles. The van der Waals surface area contributed by atoms with Gasteiger partial charge in [-0.15, -0.1) is 0 Å². The van der Waals surface area contributed by atoms with Gasteiger partial charge in [0.15, 0.2) is 0 Å².